The summed E-state index contributed by atoms with van der Waals surface area (Å²) in [6.45, 7) is 6.02. The van der Waals surface area contributed by atoms with Crippen LogP contribution >= 0.6 is 0 Å². The van der Waals surface area contributed by atoms with Crippen LogP contribution in [0.25, 0.3) is 0 Å². The summed E-state index contributed by atoms with van der Waals surface area (Å²) in [5, 5.41) is 9.55. The van der Waals surface area contributed by atoms with Gasteiger partial charge in [-0.2, -0.15) is 0 Å². The Labute approximate surface area is 114 Å². The summed E-state index contributed by atoms with van der Waals surface area (Å²) < 4.78 is 5.73. The average molecular weight is 268 g/mol. The van der Waals surface area contributed by atoms with E-state index in [1.165, 1.54) is 0 Å². The lowest BCUT2D eigenvalue weighted by atomic mass is 9.47. The molecule has 3 rings (SSSR count). The highest BCUT2D eigenvalue weighted by atomic mass is 16.5. The van der Waals surface area contributed by atoms with Crippen molar-refractivity contribution in [1.82, 2.24) is 4.90 Å². The van der Waals surface area contributed by atoms with Gasteiger partial charge < -0.3 is 20.5 Å². The molecule has 0 spiro atoms. The van der Waals surface area contributed by atoms with E-state index in [-0.39, 0.29) is 29.4 Å². The molecule has 2 saturated heterocycles. The van der Waals surface area contributed by atoms with Crippen LogP contribution in [-0.4, -0.2) is 53.4 Å². The van der Waals surface area contributed by atoms with Crippen LogP contribution in [0.15, 0.2) is 0 Å². The van der Waals surface area contributed by atoms with Crippen LogP contribution < -0.4 is 5.73 Å². The third kappa shape index (κ3) is 1.61. The van der Waals surface area contributed by atoms with Gasteiger partial charge in [0.2, 0.25) is 5.91 Å². The number of hydrogen-bond acceptors (Lipinski definition) is 4. The van der Waals surface area contributed by atoms with E-state index in [0.717, 1.165) is 6.42 Å². The SMILES string of the molecule is CC1(C)C2OCCC2C1(N)C(=O)N1CCC(O)CC1. The highest BCUT2D eigenvalue weighted by Gasteiger charge is 2.71. The molecule has 5 nitrogen and oxygen atoms in total. The van der Waals surface area contributed by atoms with Crippen LogP contribution in [0.2, 0.25) is 0 Å². The van der Waals surface area contributed by atoms with Crippen LogP contribution in [0.1, 0.15) is 33.1 Å². The number of fused-ring (bicyclic) bond motifs is 1. The smallest absolute Gasteiger partial charge is 0.243 e. The van der Waals surface area contributed by atoms with Crippen molar-refractivity contribution in [2.45, 2.75) is 50.9 Å². The van der Waals surface area contributed by atoms with E-state index in [1.807, 2.05) is 18.7 Å². The maximum absolute atomic E-state index is 12.8. The number of nitrogens with zero attached hydrogens (tertiary/aromatic N) is 1. The quantitative estimate of drug-likeness (QED) is 0.708. The Balaban J connectivity index is 1.79. The van der Waals surface area contributed by atoms with E-state index in [2.05, 4.69) is 0 Å². The summed E-state index contributed by atoms with van der Waals surface area (Å²) in [6.07, 6.45) is 2.05. The summed E-state index contributed by atoms with van der Waals surface area (Å²) in [7, 11) is 0. The van der Waals surface area contributed by atoms with Gasteiger partial charge in [-0.3, -0.25) is 4.79 Å². The number of ether oxygens (including phenoxy) is 1. The molecule has 19 heavy (non-hydrogen) atoms. The number of carbonyl (C=O) groups is 1. The molecule has 3 unspecified atom stereocenters. The first-order valence-electron chi connectivity index (χ1n) is 7.27. The number of piperidine rings is 1. The van der Waals surface area contributed by atoms with Crippen molar-refractivity contribution >= 4 is 5.91 Å². The number of hydrogen-bond donors (Lipinski definition) is 2. The predicted octanol–water partition coefficient (Wildman–Crippen LogP) is 0.112. The molecular formula is C14H24N2O3. The number of amides is 1. The largest absolute Gasteiger partial charge is 0.393 e. The minimum atomic E-state index is -0.795. The Morgan fingerprint density at radius 3 is 2.58 bits per heavy atom. The molecule has 0 radical (unpaired) electrons. The van der Waals surface area contributed by atoms with Crippen molar-refractivity contribution < 1.29 is 14.6 Å². The van der Waals surface area contributed by atoms with Gasteiger partial charge in [0.05, 0.1) is 12.2 Å². The van der Waals surface area contributed by atoms with Crippen LogP contribution in [0.4, 0.5) is 0 Å². The van der Waals surface area contributed by atoms with Gasteiger partial charge in [0.15, 0.2) is 0 Å². The second-order valence-corrected chi connectivity index (χ2v) is 6.80. The Bertz CT molecular complexity index is 390. The van der Waals surface area contributed by atoms with Crippen molar-refractivity contribution in [3.63, 3.8) is 0 Å². The van der Waals surface area contributed by atoms with Crippen molar-refractivity contribution in [2.24, 2.45) is 17.1 Å². The van der Waals surface area contributed by atoms with Crippen LogP contribution in [0, 0.1) is 11.3 Å². The van der Waals surface area contributed by atoms with Crippen LogP contribution in [-0.2, 0) is 9.53 Å². The molecular weight excluding hydrogens is 244 g/mol. The Morgan fingerprint density at radius 2 is 1.95 bits per heavy atom. The van der Waals surface area contributed by atoms with Gasteiger partial charge in [0, 0.05) is 31.0 Å². The molecule has 0 aromatic rings. The maximum Gasteiger partial charge on any atom is 0.243 e. The van der Waals surface area contributed by atoms with Gasteiger partial charge in [-0.15, -0.1) is 0 Å². The normalized spacial score (nSPS) is 41.8. The minimum absolute atomic E-state index is 0.0520. The molecule has 1 saturated carbocycles. The zero-order valence-electron chi connectivity index (χ0n) is 11.8. The number of rotatable bonds is 1. The fraction of sp³-hybridized carbons (Fsp3) is 0.929. The summed E-state index contributed by atoms with van der Waals surface area (Å²) in [4.78, 5) is 14.7. The van der Waals surface area contributed by atoms with Crippen LogP contribution in [0.3, 0.4) is 0 Å². The minimum Gasteiger partial charge on any atom is -0.393 e. The highest BCUT2D eigenvalue weighted by molar-refractivity contribution is 5.89. The zero-order valence-corrected chi connectivity index (χ0v) is 11.8. The van der Waals surface area contributed by atoms with Crippen molar-refractivity contribution in [3.8, 4) is 0 Å². The van der Waals surface area contributed by atoms with Gasteiger partial charge in [-0.25, -0.2) is 0 Å². The molecule has 108 valence electrons. The molecule has 3 N–H and O–H groups in total. The van der Waals surface area contributed by atoms with Gasteiger partial charge in [-0.1, -0.05) is 13.8 Å². The molecule has 0 aromatic heterocycles. The van der Waals surface area contributed by atoms with Crippen molar-refractivity contribution in [3.05, 3.63) is 0 Å². The molecule has 2 heterocycles. The number of carbonyl (C=O) groups excluding carboxylic acids is 1. The predicted molar refractivity (Wildman–Crippen MR) is 70.4 cm³/mol. The van der Waals surface area contributed by atoms with Gasteiger partial charge in [-0.05, 0) is 19.3 Å². The zero-order chi connectivity index (χ0) is 13.8. The summed E-state index contributed by atoms with van der Waals surface area (Å²) in [5.41, 5.74) is 5.44. The molecule has 0 aromatic carbocycles. The lowest BCUT2D eigenvalue weighted by Crippen LogP contribution is -2.80. The summed E-state index contributed by atoms with van der Waals surface area (Å²) in [5.74, 6) is 0.206. The summed E-state index contributed by atoms with van der Waals surface area (Å²) >= 11 is 0. The van der Waals surface area contributed by atoms with E-state index in [9.17, 15) is 9.90 Å². The third-order valence-corrected chi connectivity index (χ3v) is 5.56. The van der Waals surface area contributed by atoms with Gasteiger partial charge >= 0.3 is 0 Å². The van der Waals surface area contributed by atoms with E-state index >= 15 is 0 Å². The molecule has 5 heteroatoms. The number of aliphatic hydroxyl groups excluding tert-OH is 1. The molecule has 1 amide bonds. The van der Waals surface area contributed by atoms with E-state index < -0.39 is 5.54 Å². The number of nitrogens with two attached hydrogens (primary N) is 1. The molecule has 3 aliphatic rings. The fourth-order valence-electron chi connectivity index (χ4n) is 4.15. The lowest BCUT2D eigenvalue weighted by molar-refractivity contribution is -0.185. The Kier molecular flexibility index (Phi) is 2.93. The fourth-order valence-corrected chi connectivity index (χ4v) is 4.15. The van der Waals surface area contributed by atoms with Gasteiger partial charge in [0.1, 0.15) is 5.54 Å². The first-order chi connectivity index (χ1) is 8.89. The molecule has 3 fully saturated rings. The van der Waals surface area contributed by atoms with E-state index in [4.69, 9.17) is 10.5 Å². The maximum atomic E-state index is 12.8. The molecule has 1 aliphatic carbocycles. The second kappa shape index (κ2) is 4.17. The van der Waals surface area contributed by atoms with Crippen molar-refractivity contribution in [2.75, 3.05) is 19.7 Å². The number of aliphatic hydroxyl groups is 1. The Morgan fingerprint density at radius 1 is 1.32 bits per heavy atom. The van der Waals surface area contributed by atoms with E-state index in [1.54, 1.807) is 0 Å². The average Bonchev–Trinajstić information content (AvgIpc) is 2.86. The molecule has 3 atom stereocenters. The second-order valence-electron chi connectivity index (χ2n) is 6.80. The lowest BCUT2D eigenvalue weighted by Gasteiger charge is -2.61. The standard InChI is InChI=1S/C14H24N2O3/c1-13(2)11-10(5-8-19-11)14(13,15)12(18)16-6-3-9(17)4-7-16/h9-11,17H,3-8,15H2,1-2H3. The monoisotopic (exact) mass is 268 g/mol. The first-order valence-corrected chi connectivity index (χ1v) is 7.27. The highest BCUT2D eigenvalue weighted by Crippen LogP contribution is 2.58. The van der Waals surface area contributed by atoms with Crippen molar-refractivity contribution in [1.29, 1.82) is 0 Å². The first kappa shape index (κ1) is 13.3. The summed E-state index contributed by atoms with van der Waals surface area (Å²) in [6, 6.07) is 0. The Hall–Kier alpha value is -0.650. The third-order valence-electron chi connectivity index (χ3n) is 5.56. The molecule has 2 aliphatic heterocycles. The number of likely N-dealkylation sites (tertiary alicyclic amines) is 1. The van der Waals surface area contributed by atoms with Gasteiger partial charge in [0.25, 0.3) is 0 Å². The molecule has 0 bridgehead atoms. The topological polar surface area (TPSA) is 75.8 Å². The van der Waals surface area contributed by atoms with E-state index in [0.29, 0.717) is 32.5 Å². The van der Waals surface area contributed by atoms with Crippen LogP contribution in [0.5, 0.6) is 0 Å².